The fourth-order valence-corrected chi connectivity index (χ4v) is 2.42. The Hall–Kier alpha value is -1.62. The van der Waals surface area contributed by atoms with E-state index in [-0.39, 0.29) is 23.0 Å². The Bertz CT molecular complexity index is 694. The standard InChI is InChI=1S/C17H22N2O2.BrH/c1-7-21-17(20)16-12(5)11(4)15(19-16)8-14-10(3)9(2)13(6)18-14;/h8,19H,7H2,1-6H3;1H/b14-8+;. The molecule has 2 heterocycles. The molecular formula is C17H23BrN2O2. The molecule has 0 spiro atoms. The third-order valence-corrected chi connectivity index (χ3v) is 4.22. The van der Waals surface area contributed by atoms with E-state index in [1.165, 1.54) is 16.9 Å². The van der Waals surface area contributed by atoms with Crippen LogP contribution in [0.2, 0.25) is 0 Å². The number of hydrogen-bond acceptors (Lipinski definition) is 2. The minimum atomic E-state index is -0.298. The van der Waals surface area contributed by atoms with Crippen molar-refractivity contribution in [2.24, 2.45) is 0 Å². The van der Waals surface area contributed by atoms with Crippen LogP contribution in [-0.2, 0) is 4.74 Å². The lowest BCUT2D eigenvalue weighted by molar-refractivity contribution is -0.386. The lowest BCUT2D eigenvalue weighted by Gasteiger charge is -1.99. The van der Waals surface area contributed by atoms with Gasteiger partial charge in [0.2, 0.25) is 5.70 Å². The Morgan fingerprint density at radius 1 is 1.14 bits per heavy atom. The summed E-state index contributed by atoms with van der Waals surface area (Å²) in [6.45, 7) is 12.4. The van der Waals surface area contributed by atoms with Crippen molar-refractivity contribution in [1.82, 2.24) is 4.98 Å². The van der Waals surface area contributed by atoms with E-state index < -0.39 is 0 Å². The molecule has 0 bridgehead atoms. The maximum Gasteiger partial charge on any atom is 0.355 e. The van der Waals surface area contributed by atoms with Crippen molar-refractivity contribution in [3.63, 3.8) is 0 Å². The lowest BCUT2D eigenvalue weighted by atomic mass is 10.1. The number of rotatable bonds is 3. The number of allylic oxidation sites excluding steroid dienone is 2. The second kappa shape index (κ2) is 7.09. The number of carbonyl (C=O) groups excluding carboxylic acids is 1. The highest BCUT2D eigenvalue weighted by atomic mass is 79.9. The number of ether oxygens (including phenoxy) is 1. The molecule has 1 aromatic rings. The zero-order valence-corrected chi connectivity index (χ0v) is 15.6. The minimum Gasteiger partial charge on any atom is -1.00 e. The number of carbonyl (C=O) groups is 1. The van der Waals surface area contributed by atoms with Crippen LogP contribution in [0, 0.1) is 13.8 Å². The van der Waals surface area contributed by atoms with Gasteiger partial charge >= 0.3 is 5.97 Å². The van der Waals surface area contributed by atoms with Crippen molar-refractivity contribution in [1.29, 1.82) is 0 Å². The van der Waals surface area contributed by atoms with Crippen LogP contribution in [0.3, 0.4) is 0 Å². The molecule has 2 N–H and O–H groups in total. The zero-order chi connectivity index (χ0) is 15.7. The second-order valence-corrected chi connectivity index (χ2v) is 5.44. The molecule has 0 amide bonds. The third kappa shape index (κ3) is 3.24. The summed E-state index contributed by atoms with van der Waals surface area (Å²) in [7, 11) is 0. The van der Waals surface area contributed by atoms with Gasteiger partial charge < -0.3 is 26.7 Å². The average Bonchev–Trinajstić information content (AvgIpc) is 2.85. The maximum absolute atomic E-state index is 11.9. The molecule has 0 fully saturated rings. The number of esters is 1. The highest BCUT2D eigenvalue weighted by molar-refractivity contribution is 5.97. The van der Waals surface area contributed by atoms with Gasteiger partial charge in [-0.25, -0.2) is 9.79 Å². The molecule has 4 nitrogen and oxygen atoms in total. The van der Waals surface area contributed by atoms with Crippen molar-refractivity contribution in [2.75, 3.05) is 6.61 Å². The van der Waals surface area contributed by atoms with Crippen LogP contribution in [0.25, 0.3) is 6.08 Å². The number of aromatic amines is 1. The van der Waals surface area contributed by atoms with Crippen molar-refractivity contribution in [2.45, 2.75) is 41.5 Å². The Labute approximate surface area is 142 Å². The van der Waals surface area contributed by atoms with Crippen molar-refractivity contribution in [3.05, 3.63) is 39.4 Å². The summed E-state index contributed by atoms with van der Waals surface area (Å²) in [4.78, 5) is 18.5. The summed E-state index contributed by atoms with van der Waals surface area (Å²) in [6, 6.07) is 0. The van der Waals surface area contributed by atoms with E-state index in [1.54, 1.807) is 0 Å². The van der Waals surface area contributed by atoms with Gasteiger partial charge in [0.15, 0.2) is 5.71 Å². The number of hydrogen-bond donors (Lipinski definition) is 2. The largest absolute Gasteiger partial charge is 1.00 e. The smallest absolute Gasteiger partial charge is 0.355 e. The minimum absolute atomic E-state index is 0. The van der Waals surface area contributed by atoms with E-state index in [0.717, 1.165) is 22.5 Å². The number of nitrogens with one attached hydrogen (secondary N) is 2. The Balaban J connectivity index is 0.00000242. The average molecular weight is 367 g/mol. The van der Waals surface area contributed by atoms with Crippen LogP contribution in [-0.4, -0.2) is 23.3 Å². The highest BCUT2D eigenvalue weighted by Crippen LogP contribution is 2.22. The highest BCUT2D eigenvalue weighted by Gasteiger charge is 2.23. The zero-order valence-electron chi connectivity index (χ0n) is 14.0. The fourth-order valence-electron chi connectivity index (χ4n) is 2.42. The summed E-state index contributed by atoms with van der Waals surface area (Å²) in [5.74, 6) is -0.298. The van der Waals surface area contributed by atoms with E-state index in [9.17, 15) is 4.79 Å². The van der Waals surface area contributed by atoms with Crippen molar-refractivity contribution >= 4 is 17.8 Å². The Morgan fingerprint density at radius 3 is 2.27 bits per heavy atom. The first-order chi connectivity index (χ1) is 9.86. The second-order valence-electron chi connectivity index (χ2n) is 5.44. The van der Waals surface area contributed by atoms with Gasteiger partial charge in [0.05, 0.1) is 6.61 Å². The Kier molecular flexibility index (Phi) is 5.94. The molecule has 22 heavy (non-hydrogen) atoms. The van der Waals surface area contributed by atoms with E-state index in [2.05, 4.69) is 36.8 Å². The normalized spacial score (nSPS) is 15.9. The van der Waals surface area contributed by atoms with E-state index >= 15 is 0 Å². The quantitative estimate of drug-likeness (QED) is 0.677. The first-order valence-electron chi connectivity index (χ1n) is 7.23. The summed E-state index contributed by atoms with van der Waals surface area (Å²) in [5, 5.41) is 0. The lowest BCUT2D eigenvalue weighted by Crippen LogP contribution is -3.00. The van der Waals surface area contributed by atoms with Crippen LogP contribution in [0.5, 0.6) is 0 Å². The molecule has 2 rings (SSSR count). The van der Waals surface area contributed by atoms with E-state index in [1.807, 2.05) is 20.8 Å². The maximum atomic E-state index is 11.9. The predicted molar refractivity (Wildman–Crippen MR) is 84.2 cm³/mol. The molecule has 1 aromatic heterocycles. The molecule has 1 aliphatic rings. The number of aromatic nitrogens is 1. The number of halogens is 1. The SMILES string of the molecule is CCOC(=O)c1[nH]c(/C=C2/[NH+]=C(C)C(C)=C2C)c(C)c1C.[Br-]. The summed E-state index contributed by atoms with van der Waals surface area (Å²) >= 11 is 0. The van der Waals surface area contributed by atoms with Gasteiger partial charge in [-0.1, -0.05) is 0 Å². The molecule has 120 valence electrons. The van der Waals surface area contributed by atoms with Crippen LogP contribution < -0.4 is 22.0 Å². The van der Waals surface area contributed by atoms with Crippen LogP contribution in [0.15, 0.2) is 16.8 Å². The van der Waals surface area contributed by atoms with Gasteiger partial charge in [-0.15, -0.1) is 0 Å². The van der Waals surface area contributed by atoms with Gasteiger partial charge in [-0.3, -0.25) is 0 Å². The van der Waals surface area contributed by atoms with Crippen LogP contribution >= 0.6 is 0 Å². The molecule has 0 aromatic carbocycles. The molecule has 0 aliphatic carbocycles. The predicted octanol–water partition coefficient (Wildman–Crippen LogP) is -0.955. The first-order valence-corrected chi connectivity index (χ1v) is 7.23. The molecule has 0 saturated heterocycles. The third-order valence-electron chi connectivity index (χ3n) is 4.22. The van der Waals surface area contributed by atoms with Gasteiger partial charge in [-0.2, -0.15) is 0 Å². The van der Waals surface area contributed by atoms with Gasteiger partial charge in [0, 0.05) is 29.8 Å². The van der Waals surface area contributed by atoms with E-state index in [0.29, 0.717) is 12.3 Å². The summed E-state index contributed by atoms with van der Waals surface area (Å²) in [6.07, 6.45) is 2.06. The van der Waals surface area contributed by atoms with Gasteiger partial charge in [0.25, 0.3) is 0 Å². The van der Waals surface area contributed by atoms with Crippen LogP contribution in [0.1, 0.15) is 55.0 Å². The fraction of sp³-hybridized carbons (Fsp3) is 0.412. The first kappa shape index (κ1) is 18.4. The van der Waals surface area contributed by atoms with Crippen molar-refractivity contribution < 1.29 is 31.5 Å². The topological polar surface area (TPSA) is 56.1 Å². The molecule has 0 radical (unpaired) electrons. The van der Waals surface area contributed by atoms with E-state index in [4.69, 9.17) is 4.74 Å². The molecule has 0 unspecified atom stereocenters. The summed E-state index contributed by atoms with van der Waals surface area (Å²) < 4.78 is 5.08. The van der Waals surface area contributed by atoms with Crippen molar-refractivity contribution in [3.8, 4) is 0 Å². The van der Waals surface area contributed by atoms with Crippen LogP contribution in [0.4, 0.5) is 0 Å². The summed E-state index contributed by atoms with van der Waals surface area (Å²) in [5.41, 5.74) is 8.25. The van der Waals surface area contributed by atoms with Gasteiger partial charge in [0.1, 0.15) is 5.69 Å². The Morgan fingerprint density at radius 2 is 1.77 bits per heavy atom. The number of H-pyrrole nitrogens is 1. The monoisotopic (exact) mass is 366 g/mol. The molecular weight excluding hydrogens is 344 g/mol. The molecule has 0 saturated carbocycles. The van der Waals surface area contributed by atoms with Gasteiger partial charge in [-0.05, 0) is 45.7 Å². The molecule has 0 atom stereocenters. The molecule has 1 aliphatic heterocycles. The molecule has 5 heteroatoms.